The van der Waals surface area contributed by atoms with Crippen LogP contribution in [0.15, 0.2) is 36.4 Å². The molecule has 0 unspecified atom stereocenters. The lowest BCUT2D eigenvalue weighted by molar-refractivity contribution is 0.267. The van der Waals surface area contributed by atoms with Crippen molar-refractivity contribution >= 4 is 27.5 Å². The molecule has 2 aromatic carbocycles. The Labute approximate surface area is 137 Å². The number of halogens is 3. The highest BCUT2D eigenvalue weighted by molar-refractivity contribution is 9.08. The number of ether oxygens (including phenoxy) is 2. The summed E-state index contributed by atoms with van der Waals surface area (Å²) in [6, 6.07) is 9.99. The van der Waals surface area contributed by atoms with Gasteiger partial charge in [0.05, 0.1) is 11.6 Å². The van der Waals surface area contributed by atoms with Crippen LogP contribution in [-0.2, 0) is 11.9 Å². The molecule has 0 aliphatic heterocycles. The minimum atomic E-state index is -0.361. The maximum absolute atomic E-state index is 13.0. The van der Waals surface area contributed by atoms with Crippen molar-refractivity contribution in [3.63, 3.8) is 0 Å². The van der Waals surface area contributed by atoms with E-state index < -0.39 is 0 Å². The lowest BCUT2D eigenvalue weighted by Gasteiger charge is -2.15. The van der Waals surface area contributed by atoms with Crippen molar-refractivity contribution in [1.29, 1.82) is 0 Å². The van der Waals surface area contributed by atoms with Gasteiger partial charge in [-0.25, -0.2) is 4.39 Å². The smallest absolute Gasteiger partial charge is 0.165 e. The van der Waals surface area contributed by atoms with Gasteiger partial charge in [-0.05, 0) is 25.1 Å². The molecular weight excluding hydrogens is 359 g/mol. The van der Waals surface area contributed by atoms with Crippen molar-refractivity contribution in [2.75, 3.05) is 6.61 Å². The Bertz CT molecular complexity index is 619. The zero-order valence-electron chi connectivity index (χ0n) is 11.5. The van der Waals surface area contributed by atoms with Gasteiger partial charge in [-0.2, -0.15) is 0 Å². The monoisotopic (exact) mass is 372 g/mol. The Morgan fingerprint density at radius 2 is 1.95 bits per heavy atom. The van der Waals surface area contributed by atoms with E-state index in [0.717, 1.165) is 11.1 Å². The molecular formula is C16H15BrClFO2. The van der Waals surface area contributed by atoms with E-state index in [1.807, 2.05) is 25.1 Å². The summed E-state index contributed by atoms with van der Waals surface area (Å²) in [6.45, 7) is 2.73. The predicted octanol–water partition coefficient (Wildman–Crippen LogP) is 5.35. The fourth-order valence-corrected chi connectivity index (χ4v) is 2.55. The van der Waals surface area contributed by atoms with E-state index in [1.165, 1.54) is 12.1 Å². The van der Waals surface area contributed by atoms with Crippen molar-refractivity contribution in [3.05, 3.63) is 58.4 Å². The first kappa shape index (κ1) is 16.1. The number of benzene rings is 2. The van der Waals surface area contributed by atoms with Gasteiger partial charge >= 0.3 is 0 Å². The van der Waals surface area contributed by atoms with Crippen molar-refractivity contribution < 1.29 is 13.9 Å². The Hall–Kier alpha value is -1.26. The molecule has 21 heavy (non-hydrogen) atoms. The van der Waals surface area contributed by atoms with Gasteiger partial charge in [0.1, 0.15) is 12.4 Å². The van der Waals surface area contributed by atoms with Gasteiger partial charge in [0.15, 0.2) is 11.5 Å². The van der Waals surface area contributed by atoms with Gasteiger partial charge in [0, 0.05) is 16.5 Å². The minimum absolute atomic E-state index is 0.253. The van der Waals surface area contributed by atoms with Crippen LogP contribution in [0.3, 0.4) is 0 Å². The fourth-order valence-electron chi connectivity index (χ4n) is 1.89. The fraction of sp³-hybridized carbons (Fsp3) is 0.250. The second kappa shape index (κ2) is 7.66. The van der Waals surface area contributed by atoms with E-state index in [1.54, 1.807) is 6.07 Å². The first-order valence-corrected chi connectivity index (χ1v) is 8.03. The van der Waals surface area contributed by atoms with Crippen LogP contribution in [0.1, 0.15) is 18.1 Å². The number of rotatable bonds is 6. The molecule has 0 saturated carbocycles. The molecule has 0 atom stereocenters. The molecule has 0 heterocycles. The third-order valence-corrected chi connectivity index (χ3v) is 3.85. The molecule has 0 saturated heterocycles. The molecule has 2 nitrogen and oxygen atoms in total. The van der Waals surface area contributed by atoms with E-state index in [4.69, 9.17) is 21.1 Å². The molecule has 0 amide bonds. The molecule has 2 rings (SSSR count). The standard InChI is InChI=1S/C16H15BrClFO2/c1-2-20-15-5-3-4-11(9-17)16(15)21-10-12-6-7-13(19)8-14(12)18/h3-8H,2,9-10H2,1H3. The average molecular weight is 374 g/mol. The van der Waals surface area contributed by atoms with Crippen molar-refractivity contribution in [1.82, 2.24) is 0 Å². The molecule has 0 bridgehead atoms. The molecule has 0 spiro atoms. The molecule has 0 N–H and O–H groups in total. The molecule has 2 aromatic rings. The Kier molecular flexibility index (Phi) is 5.88. The Morgan fingerprint density at radius 1 is 1.14 bits per heavy atom. The molecule has 0 aliphatic carbocycles. The van der Waals surface area contributed by atoms with Crippen molar-refractivity contribution in [2.24, 2.45) is 0 Å². The third-order valence-electron chi connectivity index (χ3n) is 2.89. The van der Waals surface area contributed by atoms with E-state index in [0.29, 0.717) is 28.5 Å². The van der Waals surface area contributed by atoms with Gasteiger partial charge in [-0.15, -0.1) is 0 Å². The summed E-state index contributed by atoms with van der Waals surface area (Å²) in [5.74, 6) is 1.00. The summed E-state index contributed by atoms with van der Waals surface area (Å²) in [5, 5.41) is 1.00. The van der Waals surface area contributed by atoms with Gasteiger partial charge in [0.2, 0.25) is 0 Å². The zero-order valence-corrected chi connectivity index (χ0v) is 13.9. The van der Waals surface area contributed by atoms with Gasteiger partial charge in [0.25, 0.3) is 0 Å². The highest BCUT2D eigenvalue weighted by Gasteiger charge is 2.11. The summed E-state index contributed by atoms with van der Waals surface area (Å²) in [5.41, 5.74) is 1.71. The predicted molar refractivity (Wildman–Crippen MR) is 86.0 cm³/mol. The minimum Gasteiger partial charge on any atom is -0.490 e. The van der Waals surface area contributed by atoms with E-state index in [9.17, 15) is 4.39 Å². The molecule has 0 radical (unpaired) electrons. The van der Waals surface area contributed by atoms with Crippen molar-refractivity contribution in [2.45, 2.75) is 18.9 Å². The van der Waals surface area contributed by atoms with Crippen LogP contribution < -0.4 is 9.47 Å². The van der Waals surface area contributed by atoms with Gasteiger partial charge < -0.3 is 9.47 Å². The first-order chi connectivity index (χ1) is 10.2. The topological polar surface area (TPSA) is 18.5 Å². The van der Waals surface area contributed by atoms with Crippen molar-refractivity contribution in [3.8, 4) is 11.5 Å². The highest BCUT2D eigenvalue weighted by atomic mass is 79.9. The van der Waals surface area contributed by atoms with E-state index >= 15 is 0 Å². The second-order valence-electron chi connectivity index (χ2n) is 4.34. The van der Waals surface area contributed by atoms with Gasteiger partial charge in [-0.1, -0.05) is 45.7 Å². The first-order valence-electron chi connectivity index (χ1n) is 6.53. The maximum atomic E-state index is 13.0. The summed E-state index contributed by atoms with van der Waals surface area (Å²) >= 11 is 9.44. The third kappa shape index (κ3) is 4.11. The lowest BCUT2D eigenvalue weighted by atomic mass is 10.2. The highest BCUT2D eigenvalue weighted by Crippen LogP contribution is 2.34. The molecule has 112 valence electrons. The maximum Gasteiger partial charge on any atom is 0.165 e. The number of hydrogen-bond donors (Lipinski definition) is 0. The van der Waals surface area contributed by atoms with Crippen LogP contribution in [0.25, 0.3) is 0 Å². The summed E-state index contributed by atoms with van der Waals surface area (Å²) in [4.78, 5) is 0. The molecule has 5 heteroatoms. The molecule has 0 aromatic heterocycles. The van der Waals surface area contributed by atoms with Crippen LogP contribution in [0.4, 0.5) is 4.39 Å². The summed E-state index contributed by atoms with van der Waals surface area (Å²) in [7, 11) is 0. The molecule has 0 fully saturated rings. The SMILES string of the molecule is CCOc1cccc(CBr)c1OCc1ccc(F)cc1Cl. The van der Waals surface area contributed by atoms with Crippen LogP contribution in [0.5, 0.6) is 11.5 Å². The quantitative estimate of drug-likeness (QED) is 0.635. The molecule has 0 aliphatic rings. The number of para-hydroxylation sites is 1. The van der Waals surface area contributed by atoms with Crippen LogP contribution in [-0.4, -0.2) is 6.61 Å². The van der Waals surface area contributed by atoms with E-state index in [-0.39, 0.29) is 12.4 Å². The van der Waals surface area contributed by atoms with E-state index in [2.05, 4.69) is 15.9 Å². The number of alkyl halides is 1. The average Bonchev–Trinajstić information content (AvgIpc) is 2.47. The Balaban J connectivity index is 2.22. The Morgan fingerprint density at radius 3 is 2.62 bits per heavy atom. The number of hydrogen-bond acceptors (Lipinski definition) is 2. The zero-order chi connectivity index (χ0) is 15.2. The largest absolute Gasteiger partial charge is 0.490 e. The lowest BCUT2D eigenvalue weighted by Crippen LogP contribution is -2.02. The van der Waals surface area contributed by atoms with Crippen LogP contribution in [0.2, 0.25) is 5.02 Å². The normalized spacial score (nSPS) is 10.5. The second-order valence-corrected chi connectivity index (χ2v) is 5.30. The van der Waals surface area contributed by atoms with Crippen LogP contribution >= 0.6 is 27.5 Å². The summed E-state index contributed by atoms with van der Waals surface area (Å²) < 4.78 is 24.5. The summed E-state index contributed by atoms with van der Waals surface area (Å²) in [6.07, 6.45) is 0. The van der Waals surface area contributed by atoms with Crippen LogP contribution in [0, 0.1) is 5.82 Å². The van der Waals surface area contributed by atoms with Gasteiger partial charge in [-0.3, -0.25) is 0 Å².